The van der Waals surface area contributed by atoms with Crippen LogP contribution in [0.4, 0.5) is 5.13 Å². The Balaban J connectivity index is 0.00000144. The topological polar surface area (TPSA) is 82.1 Å². The van der Waals surface area contributed by atoms with E-state index in [-0.39, 0.29) is 34.7 Å². The van der Waals surface area contributed by atoms with Gasteiger partial charge in [-0.2, -0.15) is 0 Å². The molecule has 0 saturated carbocycles. The largest absolute Gasteiger partial charge is 1.00 e. The number of nitrogens with one attached hydrogen (secondary N) is 1. The summed E-state index contributed by atoms with van der Waals surface area (Å²) in [7, 11) is 0. The fourth-order valence-corrected chi connectivity index (χ4v) is 2.48. The summed E-state index contributed by atoms with van der Waals surface area (Å²) in [6.07, 6.45) is 0. The van der Waals surface area contributed by atoms with E-state index in [0.29, 0.717) is 5.69 Å². The third-order valence-electron chi connectivity index (χ3n) is 1.68. The number of thiazole rings is 1. The van der Waals surface area contributed by atoms with Crippen molar-refractivity contribution in [3.63, 3.8) is 0 Å². The number of hydrogen-bond donors (Lipinski definition) is 1. The van der Waals surface area contributed by atoms with Gasteiger partial charge in [-0.1, -0.05) is 6.07 Å². The summed E-state index contributed by atoms with van der Waals surface area (Å²) in [5, 5.41) is 16.2. The van der Waals surface area contributed by atoms with Crippen LogP contribution >= 0.6 is 22.7 Å². The van der Waals surface area contributed by atoms with Crippen molar-refractivity contribution in [3.8, 4) is 10.6 Å². The third kappa shape index (κ3) is 3.62. The van der Waals surface area contributed by atoms with Crippen LogP contribution in [0.3, 0.4) is 0 Å². The van der Waals surface area contributed by atoms with Crippen LogP contribution in [-0.2, 0) is 9.59 Å². The van der Waals surface area contributed by atoms with E-state index in [1.165, 1.54) is 22.7 Å². The molecular formula is C9H5N2NaO3S2. The summed E-state index contributed by atoms with van der Waals surface area (Å²) < 4.78 is 0. The molecule has 0 aliphatic carbocycles. The number of carbonyl (C=O) groups excluding carboxylic acids is 2. The molecule has 0 saturated heterocycles. The molecular weight excluding hydrogens is 271 g/mol. The smallest absolute Gasteiger partial charge is 0.540 e. The average molecular weight is 276 g/mol. The predicted octanol–water partition coefficient (Wildman–Crippen LogP) is -2.44. The van der Waals surface area contributed by atoms with Gasteiger partial charge >= 0.3 is 29.6 Å². The average Bonchev–Trinajstić information content (AvgIpc) is 2.85. The number of amides is 1. The van der Waals surface area contributed by atoms with Crippen LogP contribution in [0.2, 0.25) is 0 Å². The molecule has 0 aliphatic rings. The minimum Gasteiger partial charge on any atom is -0.540 e. The molecule has 0 aliphatic heterocycles. The number of anilines is 1. The maximum atomic E-state index is 10.8. The van der Waals surface area contributed by atoms with Crippen molar-refractivity contribution < 1.29 is 44.3 Å². The number of thiophene rings is 1. The van der Waals surface area contributed by atoms with E-state index in [9.17, 15) is 14.7 Å². The van der Waals surface area contributed by atoms with Gasteiger partial charge in [-0.05, 0) is 11.4 Å². The van der Waals surface area contributed by atoms with Crippen LogP contribution < -0.4 is 40.0 Å². The van der Waals surface area contributed by atoms with E-state index in [2.05, 4.69) is 10.3 Å². The maximum Gasteiger partial charge on any atom is 1.00 e. The molecule has 17 heavy (non-hydrogen) atoms. The van der Waals surface area contributed by atoms with Gasteiger partial charge in [0.25, 0.3) is 5.91 Å². The van der Waals surface area contributed by atoms with E-state index in [1.807, 2.05) is 17.5 Å². The number of aliphatic carboxylic acids is 1. The summed E-state index contributed by atoms with van der Waals surface area (Å²) in [6.45, 7) is 0. The fourth-order valence-electron chi connectivity index (χ4n) is 1.02. The van der Waals surface area contributed by atoms with E-state index in [0.717, 1.165) is 4.88 Å². The van der Waals surface area contributed by atoms with E-state index in [4.69, 9.17) is 0 Å². The van der Waals surface area contributed by atoms with Crippen molar-refractivity contribution in [1.82, 2.24) is 4.98 Å². The van der Waals surface area contributed by atoms with Gasteiger partial charge in [0.2, 0.25) is 0 Å². The molecule has 0 atom stereocenters. The Morgan fingerprint density at radius 1 is 1.35 bits per heavy atom. The quantitative estimate of drug-likeness (QED) is 0.488. The molecule has 2 aromatic rings. The Morgan fingerprint density at radius 2 is 2.12 bits per heavy atom. The predicted molar refractivity (Wildman–Crippen MR) is 59.1 cm³/mol. The van der Waals surface area contributed by atoms with Crippen LogP contribution in [0.1, 0.15) is 0 Å². The number of carboxylic acid groups (broad SMARTS) is 1. The molecule has 0 spiro atoms. The Morgan fingerprint density at radius 3 is 2.71 bits per heavy atom. The maximum absolute atomic E-state index is 10.8. The number of hydrogen-bond acceptors (Lipinski definition) is 6. The molecule has 5 nitrogen and oxygen atoms in total. The molecule has 0 radical (unpaired) electrons. The normalized spacial score (nSPS) is 9.41. The van der Waals surface area contributed by atoms with Gasteiger partial charge in [-0.25, -0.2) is 4.98 Å². The Bertz CT molecular complexity index is 524. The van der Waals surface area contributed by atoms with Gasteiger partial charge in [0.05, 0.1) is 10.6 Å². The number of nitrogens with zero attached hydrogens (tertiary/aromatic N) is 1. The first-order valence-corrected chi connectivity index (χ1v) is 5.94. The SMILES string of the molecule is O=C([O-])C(=O)Nc1nc(-c2cccs2)cs1.[Na+]. The van der Waals surface area contributed by atoms with Crippen LogP contribution in [0.5, 0.6) is 0 Å². The zero-order valence-corrected chi connectivity index (χ0v) is 12.4. The van der Waals surface area contributed by atoms with Gasteiger partial charge in [0.15, 0.2) is 5.13 Å². The first-order chi connectivity index (χ1) is 7.66. The first kappa shape index (κ1) is 14.3. The molecule has 0 aromatic carbocycles. The number of carbonyl (C=O) groups is 2. The molecule has 0 unspecified atom stereocenters. The molecule has 2 aromatic heterocycles. The summed E-state index contributed by atoms with van der Waals surface area (Å²) in [5.74, 6) is -2.96. The summed E-state index contributed by atoms with van der Waals surface area (Å²) in [4.78, 5) is 26.0. The van der Waals surface area contributed by atoms with Gasteiger partial charge in [-0.15, -0.1) is 22.7 Å². The van der Waals surface area contributed by atoms with Gasteiger partial charge in [0.1, 0.15) is 5.97 Å². The molecule has 2 rings (SSSR count). The van der Waals surface area contributed by atoms with E-state index >= 15 is 0 Å². The zero-order valence-electron chi connectivity index (χ0n) is 8.80. The minimum atomic E-state index is -1.77. The second-order valence-corrected chi connectivity index (χ2v) is 4.56. The standard InChI is InChI=1S/C9H6N2O3S2.Na/c12-7(8(13)14)11-9-10-5(4-16-9)6-2-1-3-15-6;/h1-4H,(H,13,14)(H,10,11,12);/q;+1/p-1. The summed E-state index contributed by atoms with van der Waals surface area (Å²) >= 11 is 2.68. The van der Waals surface area contributed by atoms with Crippen molar-refractivity contribution in [2.75, 3.05) is 5.32 Å². The Hall–Kier alpha value is -0.730. The third-order valence-corrected chi connectivity index (χ3v) is 3.33. The van der Waals surface area contributed by atoms with Crippen LogP contribution in [0.15, 0.2) is 22.9 Å². The monoisotopic (exact) mass is 276 g/mol. The molecule has 2 heterocycles. The summed E-state index contributed by atoms with van der Waals surface area (Å²) in [6, 6.07) is 3.78. The first-order valence-electron chi connectivity index (χ1n) is 4.18. The van der Waals surface area contributed by atoms with Gasteiger partial charge < -0.3 is 9.90 Å². The van der Waals surface area contributed by atoms with Crippen LogP contribution in [-0.4, -0.2) is 16.9 Å². The number of carboxylic acids is 1. The van der Waals surface area contributed by atoms with E-state index in [1.54, 1.807) is 5.38 Å². The minimum absolute atomic E-state index is 0. The number of rotatable bonds is 2. The van der Waals surface area contributed by atoms with Gasteiger partial charge in [-0.3, -0.25) is 10.1 Å². The molecule has 0 fully saturated rings. The molecule has 1 amide bonds. The van der Waals surface area contributed by atoms with Crippen molar-refractivity contribution in [2.24, 2.45) is 0 Å². The zero-order chi connectivity index (χ0) is 11.5. The summed E-state index contributed by atoms with van der Waals surface area (Å²) in [5.41, 5.74) is 0.716. The second-order valence-electron chi connectivity index (χ2n) is 2.76. The van der Waals surface area contributed by atoms with Gasteiger partial charge in [0, 0.05) is 5.38 Å². The molecule has 0 bridgehead atoms. The Labute approximate surface area is 127 Å². The van der Waals surface area contributed by atoms with Crippen LogP contribution in [0, 0.1) is 0 Å². The number of aromatic nitrogens is 1. The van der Waals surface area contributed by atoms with Crippen molar-refractivity contribution in [3.05, 3.63) is 22.9 Å². The van der Waals surface area contributed by atoms with Crippen molar-refractivity contribution in [2.45, 2.75) is 0 Å². The second kappa shape index (κ2) is 6.27. The fraction of sp³-hybridized carbons (Fsp3) is 0. The van der Waals surface area contributed by atoms with Crippen molar-refractivity contribution >= 4 is 39.7 Å². The molecule has 1 N–H and O–H groups in total. The molecule has 8 heteroatoms. The van der Waals surface area contributed by atoms with Crippen LogP contribution in [0.25, 0.3) is 10.6 Å². The van der Waals surface area contributed by atoms with E-state index < -0.39 is 11.9 Å². The Kier molecular flexibility index (Phi) is 5.29. The molecule has 82 valence electrons. The van der Waals surface area contributed by atoms with Crippen molar-refractivity contribution in [1.29, 1.82) is 0 Å².